The van der Waals surface area contributed by atoms with Crippen LogP contribution in [0.5, 0.6) is 0 Å². The Hall–Kier alpha value is -5.05. The van der Waals surface area contributed by atoms with E-state index in [1.165, 1.54) is 6.92 Å². The number of aliphatic carboxylic acids is 1. The summed E-state index contributed by atoms with van der Waals surface area (Å²) in [5.74, 6) is -8.83. The van der Waals surface area contributed by atoms with Crippen LogP contribution in [-0.2, 0) is 43.2 Å². The maximum Gasteiger partial charge on any atom is 0.326 e. The molecule has 1 rings (SSSR count). The van der Waals surface area contributed by atoms with Crippen molar-refractivity contribution < 1.29 is 68.7 Å². The van der Waals surface area contributed by atoms with Crippen molar-refractivity contribution in [1.82, 2.24) is 47.9 Å². The third kappa shape index (κ3) is 19.3. The summed E-state index contributed by atoms with van der Waals surface area (Å²) in [4.78, 5) is 114. The third-order valence-electron chi connectivity index (χ3n) is 9.16. The number of nitrogens with one attached hydrogen (secondary N) is 9. The van der Waals surface area contributed by atoms with E-state index in [1.807, 2.05) is 0 Å². The topological polar surface area (TPSA) is 415 Å². The second-order valence-electron chi connectivity index (χ2n) is 14.2. The highest BCUT2D eigenvalue weighted by atomic mass is 16.4. The van der Waals surface area contributed by atoms with Crippen LogP contribution in [0.15, 0.2) is 0 Å². The molecule has 0 radical (unpaired) electrons. The quantitative estimate of drug-likeness (QED) is 0.0311. The molecule has 18 N–H and O–H groups in total. The van der Waals surface area contributed by atoms with E-state index in [9.17, 15) is 68.7 Å². The second-order valence-corrected chi connectivity index (χ2v) is 14.2. The Morgan fingerprint density at radius 1 is 0.600 bits per heavy atom. The van der Waals surface area contributed by atoms with Gasteiger partial charge in [0.2, 0.25) is 47.3 Å². The van der Waals surface area contributed by atoms with Gasteiger partial charge in [0.15, 0.2) is 0 Å². The molecular weight excluding hydrogens is 798 g/mol. The maximum atomic E-state index is 13.3. The molecule has 25 heteroatoms. The molecule has 1 heterocycles. The molecule has 25 nitrogen and oxygen atoms in total. The van der Waals surface area contributed by atoms with Crippen LogP contribution >= 0.6 is 0 Å². The van der Waals surface area contributed by atoms with E-state index in [1.54, 1.807) is 0 Å². The molecule has 60 heavy (non-hydrogen) atoms. The first-order chi connectivity index (χ1) is 28.4. The first kappa shape index (κ1) is 53.0. The predicted molar refractivity (Wildman–Crippen MR) is 210 cm³/mol. The van der Waals surface area contributed by atoms with Crippen molar-refractivity contribution >= 4 is 53.2 Å². The van der Waals surface area contributed by atoms with Gasteiger partial charge in [0.25, 0.3) is 0 Å². The normalized spacial score (nSPS) is 17.5. The molecular formula is C35H63N11O14. The molecule has 0 aromatic heterocycles. The average molecular weight is 862 g/mol. The monoisotopic (exact) mass is 861 g/mol. The summed E-state index contributed by atoms with van der Waals surface area (Å²) in [7, 11) is 0. The Bertz CT molecular complexity index is 1450. The summed E-state index contributed by atoms with van der Waals surface area (Å²) < 4.78 is 0. The van der Waals surface area contributed by atoms with Crippen LogP contribution in [0.2, 0.25) is 0 Å². The Labute approximate surface area is 346 Å². The third-order valence-corrected chi connectivity index (χ3v) is 9.16. The molecule has 0 aromatic carbocycles. The van der Waals surface area contributed by atoms with Gasteiger partial charge in [-0.15, -0.1) is 0 Å². The molecule has 0 aliphatic carbocycles. The van der Waals surface area contributed by atoms with Gasteiger partial charge >= 0.3 is 5.97 Å². The van der Waals surface area contributed by atoms with Gasteiger partial charge in [-0.25, -0.2) is 4.79 Å². The van der Waals surface area contributed by atoms with E-state index >= 15 is 0 Å². The van der Waals surface area contributed by atoms with E-state index < -0.39 is 134 Å². The summed E-state index contributed by atoms with van der Waals surface area (Å²) >= 11 is 0. The SMILES string of the molecule is C[C@@H](O)[C@H](NC(=O)[C@@H]1CCCN1)C(=O)NCC(=O)N[C@@H](CO)C(=O)NCC(=O)N[C@@H](CCCCN)C(=O)N[C@@H](CO)C(=O)N[C@H](C(=O)N[C@@H](CCCCN)C(=O)O)[C@@H](C)O. The van der Waals surface area contributed by atoms with Crippen LogP contribution in [0.1, 0.15) is 65.2 Å². The zero-order valence-electron chi connectivity index (χ0n) is 33.9. The van der Waals surface area contributed by atoms with Gasteiger partial charge in [0, 0.05) is 0 Å². The van der Waals surface area contributed by atoms with Crippen molar-refractivity contribution in [3.8, 4) is 0 Å². The van der Waals surface area contributed by atoms with Crippen LogP contribution in [0.25, 0.3) is 0 Å². The lowest BCUT2D eigenvalue weighted by Gasteiger charge is -2.26. The fourth-order valence-corrected chi connectivity index (χ4v) is 5.72. The summed E-state index contributed by atoms with van der Waals surface area (Å²) in [6, 6.07) is -9.67. The summed E-state index contributed by atoms with van der Waals surface area (Å²) in [6.07, 6.45) is -0.0151. The van der Waals surface area contributed by atoms with Crippen molar-refractivity contribution in [2.24, 2.45) is 11.5 Å². The van der Waals surface area contributed by atoms with Crippen molar-refractivity contribution in [1.29, 1.82) is 0 Å². The van der Waals surface area contributed by atoms with Crippen molar-refractivity contribution in [3.05, 3.63) is 0 Å². The molecule has 0 bridgehead atoms. The van der Waals surface area contributed by atoms with Gasteiger partial charge in [0.05, 0.1) is 44.6 Å². The first-order valence-corrected chi connectivity index (χ1v) is 19.7. The average Bonchev–Trinajstić information content (AvgIpc) is 3.75. The number of aliphatic hydroxyl groups excluding tert-OH is 4. The number of nitrogens with two attached hydrogens (primary N) is 2. The van der Waals surface area contributed by atoms with E-state index in [0.717, 1.165) is 13.3 Å². The zero-order valence-corrected chi connectivity index (χ0v) is 33.9. The van der Waals surface area contributed by atoms with Crippen LogP contribution < -0.4 is 59.3 Å². The maximum absolute atomic E-state index is 13.3. The van der Waals surface area contributed by atoms with E-state index in [4.69, 9.17) is 11.5 Å². The van der Waals surface area contributed by atoms with Gasteiger partial charge in [-0.05, 0) is 84.8 Å². The van der Waals surface area contributed by atoms with E-state index in [2.05, 4.69) is 47.9 Å². The van der Waals surface area contributed by atoms with Gasteiger partial charge in [-0.1, -0.05) is 0 Å². The van der Waals surface area contributed by atoms with Gasteiger partial charge < -0.3 is 84.9 Å². The van der Waals surface area contributed by atoms with Gasteiger partial charge in [-0.3, -0.25) is 38.4 Å². The molecule has 0 aromatic rings. The first-order valence-electron chi connectivity index (χ1n) is 19.7. The summed E-state index contributed by atoms with van der Waals surface area (Å²) in [6.45, 7) is 0.125. The number of carboxylic acids is 1. The molecule has 1 aliphatic rings. The van der Waals surface area contributed by atoms with Crippen molar-refractivity contribution in [2.45, 2.75) is 120 Å². The molecule has 9 atom stereocenters. The van der Waals surface area contributed by atoms with Crippen molar-refractivity contribution in [2.75, 3.05) is 45.9 Å². The molecule has 1 fully saturated rings. The number of carbonyl (C=O) groups excluding carboxylic acids is 8. The van der Waals surface area contributed by atoms with E-state index in [-0.39, 0.29) is 19.4 Å². The van der Waals surface area contributed by atoms with Crippen LogP contribution in [0.4, 0.5) is 0 Å². The fourth-order valence-electron chi connectivity index (χ4n) is 5.72. The largest absolute Gasteiger partial charge is 0.480 e. The highest BCUT2D eigenvalue weighted by Crippen LogP contribution is 2.07. The molecule has 1 saturated heterocycles. The fraction of sp³-hybridized carbons (Fsp3) is 0.743. The standard InChI is InChI=1S/C35H63N11O14/c1-18(49)27(45-30(54)20-10-7-13-38-20)33(57)40-15-26(52)42-23(16-47)29(53)39-14-25(51)41-21(8-3-5-11-36)31(55)44-24(17-48)32(56)46-28(19(2)50)34(58)43-22(35(59)60)9-4-6-12-37/h18-24,27-28,38,47-50H,3-17,36-37H2,1-2H3,(H,39,53)(H,40,57)(H,41,51)(H,42,52)(H,43,58)(H,44,55)(H,45,54)(H,46,56)(H,59,60)/t18-,19-,20+,21+,22+,23+,24+,27+,28+/m1/s1. The summed E-state index contributed by atoms with van der Waals surface area (Å²) in [5.41, 5.74) is 11.0. The Morgan fingerprint density at radius 2 is 1.07 bits per heavy atom. The van der Waals surface area contributed by atoms with Crippen LogP contribution in [-0.4, -0.2) is 179 Å². The Kier molecular flexibility index (Phi) is 25.1. The second kappa shape index (κ2) is 28.4. The highest BCUT2D eigenvalue weighted by Gasteiger charge is 2.34. The van der Waals surface area contributed by atoms with Gasteiger partial charge in [-0.2, -0.15) is 0 Å². The number of carbonyl (C=O) groups is 9. The number of hydrogen-bond acceptors (Lipinski definition) is 16. The zero-order chi connectivity index (χ0) is 45.4. The molecule has 0 spiro atoms. The Morgan fingerprint density at radius 3 is 1.55 bits per heavy atom. The smallest absolute Gasteiger partial charge is 0.326 e. The molecule has 342 valence electrons. The number of amides is 8. The lowest BCUT2D eigenvalue weighted by atomic mass is 10.1. The van der Waals surface area contributed by atoms with Gasteiger partial charge in [0.1, 0.15) is 36.3 Å². The predicted octanol–water partition coefficient (Wildman–Crippen LogP) is -8.03. The minimum absolute atomic E-state index is 0.0175. The number of unbranched alkanes of at least 4 members (excludes halogenated alkanes) is 2. The summed E-state index contributed by atoms with van der Waals surface area (Å²) in [5, 5.41) is 70.4. The number of rotatable bonds is 29. The lowest BCUT2D eigenvalue weighted by molar-refractivity contribution is -0.143. The number of hydrogen-bond donors (Lipinski definition) is 16. The van der Waals surface area contributed by atoms with Crippen LogP contribution in [0.3, 0.4) is 0 Å². The number of carboxylic acid groups (broad SMARTS) is 1. The molecule has 8 amide bonds. The van der Waals surface area contributed by atoms with Crippen molar-refractivity contribution in [3.63, 3.8) is 0 Å². The molecule has 0 unspecified atom stereocenters. The number of aliphatic hydroxyl groups is 4. The lowest BCUT2D eigenvalue weighted by Crippen LogP contribution is -2.61. The molecule has 0 saturated carbocycles. The minimum atomic E-state index is -1.72. The van der Waals surface area contributed by atoms with Crippen LogP contribution in [0, 0.1) is 0 Å². The highest BCUT2D eigenvalue weighted by molar-refractivity contribution is 5.97. The van der Waals surface area contributed by atoms with E-state index in [0.29, 0.717) is 45.2 Å². The molecule has 1 aliphatic heterocycles. The minimum Gasteiger partial charge on any atom is -0.480 e. The Balaban J connectivity index is 2.83.